The molecule has 12 heteroatoms. The summed E-state index contributed by atoms with van der Waals surface area (Å²) in [5, 5.41) is 12.2. The lowest BCUT2D eigenvalue weighted by atomic mass is 10.1. The number of hydrogen-bond acceptors (Lipinski definition) is 5. The zero-order valence-corrected chi connectivity index (χ0v) is 23.6. The van der Waals surface area contributed by atoms with E-state index in [0.29, 0.717) is 5.02 Å². The number of amides is 1. The predicted molar refractivity (Wildman–Crippen MR) is 151 cm³/mol. The van der Waals surface area contributed by atoms with E-state index in [1.165, 1.54) is 46.8 Å². The third kappa shape index (κ3) is 7.67. The van der Waals surface area contributed by atoms with Gasteiger partial charge in [0.15, 0.2) is 0 Å². The van der Waals surface area contributed by atoms with Crippen molar-refractivity contribution in [1.29, 1.82) is 5.26 Å². The highest BCUT2D eigenvalue weighted by molar-refractivity contribution is 7.89. The molecule has 0 spiro atoms. The van der Waals surface area contributed by atoms with Crippen LogP contribution in [0.4, 0.5) is 18.9 Å². The number of carbonyl (C=O) groups is 1. The summed E-state index contributed by atoms with van der Waals surface area (Å²) in [7, 11) is -4.00. The Labute approximate surface area is 245 Å². The number of hydrogen-bond donors (Lipinski definition) is 1. The Kier molecular flexibility index (Phi) is 9.21. The van der Waals surface area contributed by atoms with E-state index in [1.807, 2.05) is 31.2 Å². The molecule has 0 radical (unpaired) electrons. The molecule has 0 saturated heterocycles. The summed E-state index contributed by atoms with van der Waals surface area (Å²) in [5.74, 6) is -0.650. The summed E-state index contributed by atoms with van der Waals surface area (Å²) in [6.45, 7) is 1.77. The van der Waals surface area contributed by atoms with Gasteiger partial charge in [0.05, 0.1) is 17.0 Å². The van der Waals surface area contributed by atoms with Crippen LogP contribution in [0, 0.1) is 18.3 Å². The lowest BCUT2D eigenvalue weighted by molar-refractivity contribution is -0.137. The van der Waals surface area contributed by atoms with Crippen molar-refractivity contribution < 1.29 is 30.8 Å². The molecule has 42 heavy (non-hydrogen) atoms. The molecule has 1 heterocycles. The average molecular weight is 614 g/mol. The van der Waals surface area contributed by atoms with Gasteiger partial charge in [-0.2, -0.15) is 22.7 Å². The zero-order chi connectivity index (χ0) is 30.5. The molecule has 0 bridgehead atoms. The average Bonchev–Trinajstić information content (AvgIpc) is 3.39. The monoisotopic (exact) mass is 613 g/mol. The van der Waals surface area contributed by atoms with Gasteiger partial charge in [-0.1, -0.05) is 47.5 Å². The fourth-order valence-corrected chi connectivity index (χ4v) is 5.39. The van der Waals surface area contributed by atoms with Gasteiger partial charge in [0.2, 0.25) is 10.0 Å². The van der Waals surface area contributed by atoms with Gasteiger partial charge in [-0.25, -0.2) is 8.42 Å². The molecule has 0 aliphatic rings. The molecule has 0 aliphatic carbocycles. The number of benzene rings is 3. The molecule has 0 atom stereocenters. The fourth-order valence-electron chi connectivity index (χ4n) is 3.87. The maximum atomic E-state index is 13.6. The Morgan fingerprint density at radius 3 is 2.36 bits per heavy atom. The van der Waals surface area contributed by atoms with E-state index in [-0.39, 0.29) is 35.2 Å². The highest BCUT2D eigenvalue weighted by Crippen LogP contribution is 2.31. The second-order valence-corrected chi connectivity index (χ2v) is 11.6. The van der Waals surface area contributed by atoms with Gasteiger partial charge in [-0.05, 0) is 67.1 Å². The van der Waals surface area contributed by atoms with Crippen LogP contribution in [-0.4, -0.2) is 18.6 Å². The Morgan fingerprint density at radius 2 is 1.71 bits per heavy atom. The number of furan rings is 1. The molecular weight excluding hydrogens is 591 g/mol. The molecule has 1 amide bonds. The minimum absolute atomic E-state index is 0.0277. The first-order valence-electron chi connectivity index (χ1n) is 12.4. The first-order valence-corrected chi connectivity index (χ1v) is 14.2. The number of anilines is 1. The number of alkyl halides is 3. The molecule has 1 N–H and O–H groups in total. The van der Waals surface area contributed by atoms with E-state index >= 15 is 0 Å². The SMILES string of the molecule is Cc1ccc(CN(Cc2ccc(/C=C(/C#N)C(=O)Nc3cccc(C(F)(F)F)c3)o2)S(=O)(=O)c2ccc(Cl)cc2)cc1. The third-order valence-electron chi connectivity index (χ3n) is 6.05. The van der Waals surface area contributed by atoms with Crippen molar-refractivity contribution in [3.05, 3.63) is 124 Å². The second-order valence-electron chi connectivity index (χ2n) is 9.22. The van der Waals surface area contributed by atoms with Crippen LogP contribution in [0.1, 0.15) is 28.2 Å². The number of rotatable bonds is 9. The van der Waals surface area contributed by atoms with Crippen LogP contribution < -0.4 is 5.32 Å². The lowest BCUT2D eigenvalue weighted by Crippen LogP contribution is -2.30. The largest absolute Gasteiger partial charge is 0.460 e. The van der Waals surface area contributed by atoms with E-state index < -0.39 is 33.2 Å². The van der Waals surface area contributed by atoms with Crippen LogP contribution in [0.5, 0.6) is 0 Å². The normalized spacial score (nSPS) is 12.3. The molecule has 0 unspecified atom stereocenters. The molecule has 0 fully saturated rings. The van der Waals surface area contributed by atoms with Gasteiger partial charge >= 0.3 is 6.18 Å². The van der Waals surface area contributed by atoms with Crippen molar-refractivity contribution in [2.75, 3.05) is 5.32 Å². The van der Waals surface area contributed by atoms with Crippen LogP contribution in [-0.2, 0) is 34.1 Å². The van der Waals surface area contributed by atoms with Crippen LogP contribution >= 0.6 is 11.6 Å². The smallest absolute Gasteiger partial charge is 0.416 e. The van der Waals surface area contributed by atoms with E-state index in [0.717, 1.165) is 35.4 Å². The Morgan fingerprint density at radius 1 is 1.02 bits per heavy atom. The van der Waals surface area contributed by atoms with Gasteiger partial charge in [0.25, 0.3) is 5.91 Å². The maximum Gasteiger partial charge on any atom is 0.416 e. The molecular formula is C30H23ClF3N3O4S. The van der Waals surface area contributed by atoms with Gasteiger partial charge in [0, 0.05) is 23.3 Å². The summed E-state index contributed by atoms with van der Waals surface area (Å²) in [6, 6.07) is 21.8. The number of halogens is 4. The van der Waals surface area contributed by atoms with Crippen LogP contribution in [0.2, 0.25) is 5.02 Å². The Balaban J connectivity index is 1.57. The van der Waals surface area contributed by atoms with Crippen molar-refractivity contribution in [2.24, 2.45) is 0 Å². The van der Waals surface area contributed by atoms with E-state index in [1.54, 1.807) is 6.07 Å². The standard InChI is InChI=1S/C30H23ClF3N3O4S/c1-20-5-7-21(8-6-20)18-37(42(39,40)28-13-9-24(31)10-14-28)19-27-12-11-26(41-27)15-22(17-35)29(38)36-25-4-2-3-23(16-25)30(32,33)34/h2-16H,18-19H2,1H3,(H,36,38)/b22-15-. The first kappa shape index (κ1) is 30.6. The molecule has 216 valence electrons. The minimum Gasteiger partial charge on any atom is -0.460 e. The van der Waals surface area contributed by atoms with Gasteiger partial charge in [-0.15, -0.1) is 0 Å². The van der Waals surface area contributed by atoms with E-state index in [2.05, 4.69) is 5.32 Å². The molecule has 0 saturated carbocycles. The highest BCUT2D eigenvalue weighted by atomic mass is 35.5. The molecule has 3 aromatic carbocycles. The van der Waals surface area contributed by atoms with E-state index in [9.17, 15) is 31.6 Å². The summed E-state index contributed by atoms with van der Waals surface area (Å²) >= 11 is 5.94. The van der Waals surface area contributed by atoms with Crippen LogP contribution in [0.3, 0.4) is 0 Å². The van der Waals surface area contributed by atoms with Crippen LogP contribution in [0.25, 0.3) is 6.08 Å². The number of carbonyl (C=O) groups excluding carboxylic acids is 1. The lowest BCUT2D eigenvalue weighted by Gasteiger charge is -2.21. The summed E-state index contributed by atoms with van der Waals surface area (Å²) in [6.07, 6.45) is -3.49. The van der Waals surface area contributed by atoms with Crippen molar-refractivity contribution in [3.8, 4) is 6.07 Å². The van der Waals surface area contributed by atoms with Crippen molar-refractivity contribution in [1.82, 2.24) is 4.31 Å². The molecule has 0 aliphatic heterocycles. The second kappa shape index (κ2) is 12.7. The van der Waals surface area contributed by atoms with Crippen molar-refractivity contribution in [2.45, 2.75) is 31.1 Å². The summed E-state index contributed by atoms with van der Waals surface area (Å²) in [4.78, 5) is 12.6. The molecule has 1 aromatic heterocycles. The quantitative estimate of drug-likeness (QED) is 0.159. The molecule has 4 aromatic rings. The molecule has 7 nitrogen and oxygen atoms in total. The summed E-state index contributed by atoms with van der Waals surface area (Å²) in [5.41, 5.74) is 0.220. The number of aryl methyl sites for hydroxylation is 1. The number of nitrogens with zero attached hydrogens (tertiary/aromatic N) is 2. The first-order chi connectivity index (χ1) is 19.8. The van der Waals surface area contributed by atoms with Gasteiger partial charge < -0.3 is 9.73 Å². The maximum absolute atomic E-state index is 13.6. The predicted octanol–water partition coefficient (Wildman–Crippen LogP) is 7.20. The number of sulfonamides is 1. The number of nitriles is 1. The van der Waals surface area contributed by atoms with Crippen molar-refractivity contribution in [3.63, 3.8) is 0 Å². The Hall–Kier alpha value is -4.37. The topological polar surface area (TPSA) is 103 Å². The van der Waals surface area contributed by atoms with Crippen LogP contribution in [0.15, 0.2) is 99.8 Å². The van der Waals surface area contributed by atoms with Gasteiger partial charge in [0.1, 0.15) is 23.2 Å². The van der Waals surface area contributed by atoms with Crippen molar-refractivity contribution >= 4 is 39.3 Å². The third-order valence-corrected chi connectivity index (χ3v) is 8.10. The number of nitrogens with one attached hydrogen (secondary N) is 1. The minimum atomic E-state index is -4.60. The fraction of sp³-hybridized carbons (Fsp3) is 0.133. The molecule has 4 rings (SSSR count). The summed E-state index contributed by atoms with van der Waals surface area (Å²) < 4.78 is 73.1. The Bertz CT molecular complexity index is 1760. The van der Waals surface area contributed by atoms with Gasteiger partial charge in [-0.3, -0.25) is 4.79 Å². The zero-order valence-electron chi connectivity index (χ0n) is 22.0. The van der Waals surface area contributed by atoms with E-state index in [4.69, 9.17) is 16.0 Å². The highest BCUT2D eigenvalue weighted by Gasteiger charge is 2.30.